The Morgan fingerprint density at radius 3 is 2.56 bits per heavy atom. The van der Waals surface area contributed by atoms with Crippen LogP contribution in [-0.2, 0) is 6.42 Å². The topological polar surface area (TPSA) is 55.5 Å². The van der Waals surface area contributed by atoms with E-state index in [2.05, 4.69) is 4.74 Å². The van der Waals surface area contributed by atoms with Crippen LogP contribution >= 0.6 is 0 Å². The molecule has 16 heavy (non-hydrogen) atoms. The molecule has 0 spiro atoms. The summed E-state index contributed by atoms with van der Waals surface area (Å²) in [7, 11) is 0. The molecule has 1 atom stereocenters. The van der Waals surface area contributed by atoms with Gasteiger partial charge in [-0.25, -0.2) is 0 Å². The van der Waals surface area contributed by atoms with Crippen molar-refractivity contribution in [1.29, 1.82) is 0 Å². The van der Waals surface area contributed by atoms with Crippen LogP contribution in [0.4, 0.5) is 13.2 Å². The molecule has 0 amide bonds. The minimum Gasteiger partial charge on any atom is -0.504 e. The Kier molecular flexibility index (Phi) is 3.64. The molecular formula is C10H12F3NO2. The number of halogens is 3. The molecular weight excluding hydrogens is 223 g/mol. The van der Waals surface area contributed by atoms with E-state index in [0.717, 1.165) is 6.07 Å². The lowest BCUT2D eigenvalue weighted by atomic mass is 10.1. The molecule has 1 aromatic rings. The molecule has 3 nitrogen and oxygen atoms in total. The Balaban J connectivity index is 2.95. The summed E-state index contributed by atoms with van der Waals surface area (Å²) in [5, 5.41) is 9.52. The van der Waals surface area contributed by atoms with Gasteiger partial charge in [0.2, 0.25) is 0 Å². The molecule has 0 aromatic heterocycles. The first-order chi connectivity index (χ1) is 7.29. The highest BCUT2D eigenvalue weighted by Crippen LogP contribution is 2.34. The second-order valence-corrected chi connectivity index (χ2v) is 3.49. The molecule has 0 heterocycles. The quantitative estimate of drug-likeness (QED) is 0.844. The Bertz CT molecular complexity index is 364. The molecule has 0 aliphatic carbocycles. The van der Waals surface area contributed by atoms with Gasteiger partial charge in [0.15, 0.2) is 11.5 Å². The lowest BCUT2D eigenvalue weighted by molar-refractivity contribution is -0.275. The summed E-state index contributed by atoms with van der Waals surface area (Å²) in [4.78, 5) is 0. The molecule has 0 aliphatic heterocycles. The molecule has 0 fully saturated rings. The zero-order chi connectivity index (χ0) is 12.3. The number of hydrogen-bond acceptors (Lipinski definition) is 3. The highest BCUT2D eigenvalue weighted by atomic mass is 19.4. The third-order valence-corrected chi connectivity index (χ3v) is 1.85. The van der Waals surface area contributed by atoms with E-state index in [-0.39, 0.29) is 12.5 Å². The van der Waals surface area contributed by atoms with Crippen LogP contribution < -0.4 is 10.5 Å². The SMILES string of the molecule is CC(N)Cc1cccc(OC(F)(F)F)c1O. The smallest absolute Gasteiger partial charge is 0.504 e. The largest absolute Gasteiger partial charge is 0.573 e. The predicted molar refractivity (Wildman–Crippen MR) is 52.1 cm³/mol. The Morgan fingerprint density at radius 1 is 1.44 bits per heavy atom. The third kappa shape index (κ3) is 3.62. The number of para-hydroxylation sites is 1. The molecule has 1 aromatic carbocycles. The minimum absolute atomic E-state index is 0.257. The summed E-state index contributed by atoms with van der Waals surface area (Å²) in [5.41, 5.74) is 5.83. The van der Waals surface area contributed by atoms with Crippen molar-refractivity contribution in [2.45, 2.75) is 25.7 Å². The maximum atomic E-state index is 12.0. The van der Waals surface area contributed by atoms with Gasteiger partial charge < -0.3 is 15.6 Å². The van der Waals surface area contributed by atoms with Crippen molar-refractivity contribution in [3.05, 3.63) is 23.8 Å². The zero-order valence-electron chi connectivity index (χ0n) is 8.58. The van der Waals surface area contributed by atoms with Crippen molar-refractivity contribution in [2.24, 2.45) is 5.73 Å². The minimum atomic E-state index is -4.82. The van der Waals surface area contributed by atoms with Gasteiger partial charge in [-0.2, -0.15) is 0 Å². The van der Waals surface area contributed by atoms with Crippen molar-refractivity contribution in [3.63, 3.8) is 0 Å². The van der Waals surface area contributed by atoms with Crippen molar-refractivity contribution in [2.75, 3.05) is 0 Å². The lowest BCUT2D eigenvalue weighted by Gasteiger charge is -2.13. The van der Waals surface area contributed by atoms with Gasteiger partial charge in [-0.15, -0.1) is 13.2 Å². The van der Waals surface area contributed by atoms with Gasteiger partial charge in [0.25, 0.3) is 0 Å². The Hall–Kier alpha value is -1.43. The number of phenolic OH excluding ortho intramolecular Hbond substituents is 1. The highest BCUT2D eigenvalue weighted by Gasteiger charge is 2.32. The van der Waals surface area contributed by atoms with Gasteiger partial charge in [0, 0.05) is 6.04 Å². The average Bonchev–Trinajstić information content (AvgIpc) is 2.09. The maximum Gasteiger partial charge on any atom is 0.573 e. The van der Waals surface area contributed by atoms with E-state index in [9.17, 15) is 18.3 Å². The number of benzene rings is 1. The van der Waals surface area contributed by atoms with E-state index in [1.54, 1.807) is 6.92 Å². The number of phenols is 1. The van der Waals surface area contributed by atoms with Gasteiger partial charge in [-0.3, -0.25) is 0 Å². The number of aromatic hydroxyl groups is 1. The number of nitrogens with two attached hydrogens (primary N) is 1. The lowest BCUT2D eigenvalue weighted by Crippen LogP contribution is -2.19. The molecule has 0 bridgehead atoms. The monoisotopic (exact) mass is 235 g/mol. The summed E-state index contributed by atoms with van der Waals surface area (Å²) >= 11 is 0. The van der Waals surface area contributed by atoms with E-state index < -0.39 is 17.9 Å². The second kappa shape index (κ2) is 4.61. The zero-order valence-corrected chi connectivity index (χ0v) is 8.58. The van der Waals surface area contributed by atoms with Gasteiger partial charge >= 0.3 is 6.36 Å². The van der Waals surface area contributed by atoms with Crippen LogP contribution in [0, 0.1) is 0 Å². The van der Waals surface area contributed by atoms with Crippen LogP contribution in [0.25, 0.3) is 0 Å². The van der Waals surface area contributed by atoms with Crippen LogP contribution in [0.1, 0.15) is 12.5 Å². The molecule has 1 rings (SSSR count). The van der Waals surface area contributed by atoms with Crippen LogP contribution in [0.3, 0.4) is 0 Å². The first-order valence-electron chi connectivity index (χ1n) is 4.62. The maximum absolute atomic E-state index is 12.0. The van der Waals surface area contributed by atoms with E-state index in [4.69, 9.17) is 5.73 Å². The fourth-order valence-corrected chi connectivity index (χ4v) is 1.29. The predicted octanol–water partition coefficient (Wildman–Crippen LogP) is 2.18. The molecule has 0 saturated heterocycles. The molecule has 1 unspecified atom stereocenters. The van der Waals surface area contributed by atoms with Gasteiger partial charge in [0.1, 0.15) is 0 Å². The van der Waals surface area contributed by atoms with Crippen molar-refractivity contribution in [3.8, 4) is 11.5 Å². The summed E-state index contributed by atoms with van der Waals surface area (Å²) in [5.74, 6) is -1.12. The van der Waals surface area contributed by atoms with Crippen LogP contribution in [0.5, 0.6) is 11.5 Å². The standard InChI is InChI=1S/C10H12F3NO2/c1-6(14)5-7-3-2-4-8(9(7)15)16-10(11,12)13/h2-4,6,15H,5,14H2,1H3. The molecule has 90 valence electrons. The Labute approximate surface area is 90.6 Å². The first kappa shape index (κ1) is 12.6. The third-order valence-electron chi connectivity index (χ3n) is 1.85. The van der Waals surface area contributed by atoms with Crippen molar-refractivity contribution >= 4 is 0 Å². The number of rotatable bonds is 3. The molecule has 0 aliphatic rings. The molecule has 6 heteroatoms. The Morgan fingerprint density at radius 2 is 2.06 bits per heavy atom. The van der Waals surface area contributed by atoms with Crippen LogP contribution in [0.2, 0.25) is 0 Å². The first-order valence-corrected chi connectivity index (χ1v) is 4.62. The summed E-state index contributed by atoms with van der Waals surface area (Å²) in [6, 6.07) is 3.67. The normalized spacial score (nSPS) is 13.6. The number of ether oxygens (including phenoxy) is 1. The van der Waals surface area contributed by atoms with E-state index in [1.807, 2.05) is 0 Å². The fourth-order valence-electron chi connectivity index (χ4n) is 1.29. The fraction of sp³-hybridized carbons (Fsp3) is 0.400. The van der Waals surface area contributed by atoms with E-state index in [0.29, 0.717) is 5.56 Å². The van der Waals surface area contributed by atoms with Crippen LogP contribution in [-0.4, -0.2) is 17.5 Å². The van der Waals surface area contributed by atoms with Gasteiger partial charge in [-0.05, 0) is 25.0 Å². The number of alkyl halides is 3. The summed E-state index contributed by atoms with van der Waals surface area (Å²) < 4.78 is 39.5. The highest BCUT2D eigenvalue weighted by molar-refractivity contribution is 5.45. The van der Waals surface area contributed by atoms with Crippen molar-refractivity contribution < 1.29 is 23.0 Å². The van der Waals surface area contributed by atoms with Gasteiger partial charge in [0.05, 0.1) is 0 Å². The molecule has 0 radical (unpaired) electrons. The second-order valence-electron chi connectivity index (χ2n) is 3.49. The summed E-state index contributed by atoms with van der Waals surface area (Å²) in [6.45, 7) is 1.69. The summed E-state index contributed by atoms with van der Waals surface area (Å²) in [6.07, 6.45) is -4.54. The van der Waals surface area contributed by atoms with E-state index >= 15 is 0 Å². The number of hydrogen-bond donors (Lipinski definition) is 2. The van der Waals surface area contributed by atoms with Crippen LogP contribution in [0.15, 0.2) is 18.2 Å². The van der Waals surface area contributed by atoms with Crippen molar-refractivity contribution in [1.82, 2.24) is 0 Å². The average molecular weight is 235 g/mol. The molecule has 3 N–H and O–H groups in total. The van der Waals surface area contributed by atoms with Gasteiger partial charge in [-0.1, -0.05) is 12.1 Å². The van der Waals surface area contributed by atoms with E-state index in [1.165, 1.54) is 12.1 Å². The molecule has 0 saturated carbocycles.